The molecule has 0 aromatic carbocycles. The first-order valence-electron chi connectivity index (χ1n) is 4.90. The molecule has 1 unspecified atom stereocenters. The van der Waals surface area contributed by atoms with E-state index in [-0.39, 0.29) is 12.6 Å². The molecule has 2 aromatic rings. The third-order valence-corrected chi connectivity index (χ3v) is 3.21. The van der Waals surface area contributed by atoms with Gasteiger partial charge in [-0.15, -0.1) is 11.3 Å². The van der Waals surface area contributed by atoms with E-state index < -0.39 is 0 Å². The zero-order valence-corrected chi connectivity index (χ0v) is 9.29. The lowest BCUT2D eigenvalue weighted by Gasteiger charge is -2.14. The highest BCUT2D eigenvalue weighted by molar-refractivity contribution is 7.17. The lowest BCUT2D eigenvalue weighted by atomic mass is 10.2. The van der Waals surface area contributed by atoms with E-state index in [9.17, 15) is 0 Å². The minimum atomic E-state index is 0.0604. The second-order valence-corrected chi connectivity index (χ2v) is 4.21. The van der Waals surface area contributed by atoms with Crippen LogP contribution >= 0.6 is 11.3 Å². The fourth-order valence-electron chi connectivity index (χ4n) is 1.36. The van der Waals surface area contributed by atoms with Gasteiger partial charge in [0.15, 0.2) is 0 Å². The van der Waals surface area contributed by atoms with Crippen LogP contribution in [-0.4, -0.2) is 27.7 Å². The van der Waals surface area contributed by atoms with E-state index in [4.69, 9.17) is 5.11 Å². The summed E-state index contributed by atoms with van der Waals surface area (Å²) >= 11 is 1.61. The SMILES string of the molecule is CCC(CO)Nc1ncnc2ccsc12. The van der Waals surface area contributed by atoms with Crippen LogP contribution in [0.4, 0.5) is 5.82 Å². The molecule has 0 aliphatic rings. The molecular weight excluding hydrogens is 210 g/mol. The van der Waals surface area contributed by atoms with Gasteiger partial charge in [0, 0.05) is 0 Å². The molecule has 0 amide bonds. The lowest BCUT2D eigenvalue weighted by Crippen LogP contribution is -2.23. The molecule has 2 N–H and O–H groups in total. The Hall–Kier alpha value is -1.20. The summed E-state index contributed by atoms with van der Waals surface area (Å²) in [4.78, 5) is 8.35. The van der Waals surface area contributed by atoms with Crippen molar-refractivity contribution >= 4 is 27.4 Å². The molecule has 2 rings (SSSR count). The number of rotatable bonds is 4. The van der Waals surface area contributed by atoms with Crippen molar-refractivity contribution in [3.8, 4) is 0 Å². The summed E-state index contributed by atoms with van der Waals surface area (Å²) in [5.41, 5.74) is 0.949. The van der Waals surface area contributed by atoms with Crippen LogP contribution in [0, 0.1) is 0 Å². The molecule has 0 saturated heterocycles. The summed E-state index contributed by atoms with van der Waals surface area (Å²) < 4.78 is 1.05. The van der Waals surface area contributed by atoms with Crippen LogP contribution in [0.2, 0.25) is 0 Å². The Morgan fingerprint density at radius 3 is 3.13 bits per heavy atom. The normalized spacial score (nSPS) is 12.9. The van der Waals surface area contributed by atoms with Crippen LogP contribution in [0.5, 0.6) is 0 Å². The molecule has 0 fully saturated rings. The highest BCUT2D eigenvalue weighted by Gasteiger charge is 2.09. The van der Waals surface area contributed by atoms with Crippen molar-refractivity contribution < 1.29 is 5.11 Å². The van der Waals surface area contributed by atoms with Crippen molar-refractivity contribution in [2.24, 2.45) is 0 Å². The largest absolute Gasteiger partial charge is 0.394 e. The van der Waals surface area contributed by atoms with E-state index in [0.717, 1.165) is 22.5 Å². The Morgan fingerprint density at radius 2 is 2.40 bits per heavy atom. The molecule has 0 saturated carbocycles. The number of aliphatic hydroxyl groups is 1. The van der Waals surface area contributed by atoms with Crippen LogP contribution in [0.25, 0.3) is 10.2 Å². The van der Waals surface area contributed by atoms with Crippen molar-refractivity contribution in [3.63, 3.8) is 0 Å². The zero-order valence-electron chi connectivity index (χ0n) is 8.47. The number of aliphatic hydroxyl groups excluding tert-OH is 1. The Labute approximate surface area is 92.0 Å². The highest BCUT2D eigenvalue weighted by atomic mass is 32.1. The maximum absolute atomic E-state index is 9.11. The second-order valence-electron chi connectivity index (χ2n) is 3.29. The fourth-order valence-corrected chi connectivity index (χ4v) is 2.16. The molecule has 0 radical (unpaired) electrons. The summed E-state index contributed by atoms with van der Waals surface area (Å²) in [6.07, 6.45) is 2.41. The van der Waals surface area contributed by atoms with Gasteiger partial charge in [-0.05, 0) is 17.9 Å². The Balaban J connectivity index is 2.30. The van der Waals surface area contributed by atoms with Gasteiger partial charge in [-0.1, -0.05) is 6.92 Å². The van der Waals surface area contributed by atoms with E-state index in [1.54, 1.807) is 17.7 Å². The molecule has 2 heterocycles. The summed E-state index contributed by atoms with van der Waals surface area (Å²) in [6, 6.07) is 2.03. The van der Waals surface area contributed by atoms with Gasteiger partial charge in [-0.2, -0.15) is 0 Å². The van der Waals surface area contributed by atoms with Crippen molar-refractivity contribution in [2.75, 3.05) is 11.9 Å². The third-order valence-electron chi connectivity index (χ3n) is 2.30. The number of nitrogens with zero attached hydrogens (tertiary/aromatic N) is 2. The standard InChI is InChI=1S/C10H13N3OS/c1-2-7(5-14)13-10-9-8(3-4-15-9)11-6-12-10/h3-4,6-7,14H,2,5H2,1H3,(H,11,12,13). The van der Waals surface area contributed by atoms with Gasteiger partial charge in [0.05, 0.1) is 22.9 Å². The van der Waals surface area contributed by atoms with Gasteiger partial charge in [-0.25, -0.2) is 9.97 Å². The van der Waals surface area contributed by atoms with E-state index in [1.807, 2.05) is 18.4 Å². The number of hydrogen-bond donors (Lipinski definition) is 2. The number of nitrogens with one attached hydrogen (secondary N) is 1. The van der Waals surface area contributed by atoms with Gasteiger partial charge in [0.2, 0.25) is 0 Å². The average molecular weight is 223 g/mol. The highest BCUT2D eigenvalue weighted by Crippen LogP contribution is 2.25. The van der Waals surface area contributed by atoms with Crippen LogP contribution in [-0.2, 0) is 0 Å². The maximum atomic E-state index is 9.11. The molecule has 15 heavy (non-hydrogen) atoms. The molecule has 4 nitrogen and oxygen atoms in total. The van der Waals surface area contributed by atoms with E-state index >= 15 is 0 Å². The quantitative estimate of drug-likeness (QED) is 0.830. The van der Waals surface area contributed by atoms with Crippen LogP contribution in [0.1, 0.15) is 13.3 Å². The Morgan fingerprint density at radius 1 is 1.53 bits per heavy atom. The van der Waals surface area contributed by atoms with Gasteiger partial charge in [-0.3, -0.25) is 0 Å². The number of anilines is 1. The number of fused-ring (bicyclic) bond motifs is 1. The van der Waals surface area contributed by atoms with Crippen molar-refractivity contribution in [3.05, 3.63) is 17.8 Å². The molecule has 0 spiro atoms. The number of hydrogen-bond acceptors (Lipinski definition) is 5. The van der Waals surface area contributed by atoms with Crippen LogP contribution in [0.3, 0.4) is 0 Å². The number of thiophene rings is 1. The summed E-state index contributed by atoms with van der Waals surface area (Å²) in [5, 5.41) is 14.3. The summed E-state index contributed by atoms with van der Waals surface area (Å²) in [6.45, 7) is 2.15. The molecule has 0 aliphatic heterocycles. The first kappa shape index (κ1) is 10.3. The predicted octanol–water partition coefficient (Wildman–Crippen LogP) is 1.87. The van der Waals surface area contributed by atoms with Gasteiger partial charge >= 0.3 is 0 Å². The van der Waals surface area contributed by atoms with E-state index in [1.165, 1.54) is 0 Å². The predicted molar refractivity (Wildman–Crippen MR) is 62.2 cm³/mol. The minimum Gasteiger partial charge on any atom is -0.394 e. The smallest absolute Gasteiger partial charge is 0.147 e. The fraction of sp³-hybridized carbons (Fsp3) is 0.400. The van der Waals surface area contributed by atoms with E-state index in [2.05, 4.69) is 15.3 Å². The monoisotopic (exact) mass is 223 g/mol. The van der Waals surface area contributed by atoms with Crippen molar-refractivity contribution in [1.82, 2.24) is 9.97 Å². The average Bonchev–Trinajstić information content (AvgIpc) is 2.74. The molecule has 1 atom stereocenters. The molecule has 2 aromatic heterocycles. The first-order chi connectivity index (χ1) is 7.35. The Kier molecular flexibility index (Phi) is 3.13. The third kappa shape index (κ3) is 2.08. The van der Waals surface area contributed by atoms with Gasteiger partial charge in [0.25, 0.3) is 0 Å². The summed E-state index contributed by atoms with van der Waals surface area (Å²) in [7, 11) is 0. The molecule has 80 valence electrons. The van der Waals surface area contributed by atoms with Crippen molar-refractivity contribution in [2.45, 2.75) is 19.4 Å². The maximum Gasteiger partial charge on any atom is 0.147 e. The topological polar surface area (TPSA) is 58.0 Å². The van der Waals surface area contributed by atoms with Crippen molar-refractivity contribution in [1.29, 1.82) is 0 Å². The Bertz CT molecular complexity index is 439. The first-order valence-corrected chi connectivity index (χ1v) is 5.78. The van der Waals surface area contributed by atoms with E-state index in [0.29, 0.717) is 0 Å². The molecule has 0 bridgehead atoms. The minimum absolute atomic E-state index is 0.0604. The molecule has 0 aliphatic carbocycles. The van der Waals surface area contributed by atoms with Gasteiger partial charge in [0.1, 0.15) is 12.1 Å². The number of aromatic nitrogens is 2. The molecule has 5 heteroatoms. The summed E-state index contributed by atoms with van der Waals surface area (Å²) in [5.74, 6) is 0.816. The lowest BCUT2D eigenvalue weighted by molar-refractivity contribution is 0.271. The molecular formula is C10H13N3OS. The van der Waals surface area contributed by atoms with Crippen LogP contribution in [0.15, 0.2) is 17.8 Å². The second kappa shape index (κ2) is 4.55. The van der Waals surface area contributed by atoms with Gasteiger partial charge < -0.3 is 10.4 Å². The van der Waals surface area contributed by atoms with Crippen LogP contribution < -0.4 is 5.32 Å². The zero-order chi connectivity index (χ0) is 10.7.